The molecule has 0 fully saturated rings. The minimum Gasteiger partial charge on any atom is -0.466 e. The van der Waals surface area contributed by atoms with E-state index in [1.165, 1.54) is 0 Å². The van der Waals surface area contributed by atoms with E-state index in [1.54, 1.807) is 20.8 Å². The zero-order valence-electron chi connectivity index (χ0n) is 8.24. The second kappa shape index (κ2) is 7.03. The molecule has 0 N–H and O–H groups in total. The molecule has 0 amide bonds. The first kappa shape index (κ1) is 12.6. The number of hydrogen-bond donors (Lipinski definition) is 0. The highest BCUT2D eigenvalue weighted by atomic mass is 32.2. The molecule has 0 saturated heterocycles. The van der Waals surface area contributed by atoms with Crippen molar-refractivity contribution in [1.82, 2.24) is 0 Å². The molecule has 0 aromatic carbocycles. The molecule has 0 rings (SSSR count). The van der Waals surface area contributed by atoms with Crippen LogP contribution in [0.5, 0.6) is 0 Å². The van der Waals surface area contributed by atoms with Crippen molar-refractivity contribution in [2.24, 2.45) is 5.92 Å². The van der Waals surface area contributed by atoms with Gasteiger partial charge in [0.05, 0.1) is 24.9 Å². The summed E-state index contributed by atoms with van der Waals surface area (Å²) in [6, 6.07) is 0. The highest BCUT2D eigenvalue weighted by molar-refractivity contribution is 7.80. The van der Waals surface area contributed by atoms with Crippen LogP contribution in [0.1, 0.15) is 20.8 Å². The fraction of sp³-hybridized carbons (Fsp3) is 0.875. The molecule has 5 heteroatoms. The van der Waals surface area contributed by atoms with E-state index < -0.39 is 11.1 Å². The molecule has 0 aliphatic heterocycles. The van der Waals surface area contributed by atoms with Gasteiger partial charge in [-0.3, -0.25) is 8.98 Å². The van der Waals surface area contributed by atoms with Gasteiger partial charge in [-0.2, -0.15) is 0 Å². The fourth-order valence-corrected chi connectivity index (χ4v) is 1.64. The van der Waals surface area contributed by atoms with Gasteiger partial charge in [-0.05, 0) is 13.8 Å². The van der Waals surface area contributed by atoms with E-state index in [0.29, 0.717) is 13.2 Å². The fourth-order valence-electron chi connectivity index (χ4n) is 0.736. The Hall–Kier alpha value is -0.420. The van der Waals surface area contributed by atoms with Gasteiger partial charge < -0.3 is 4.74 Å². The van der Waals surface area contributed by atoms with Gasteiger partial charge in [0.15, 0.2) is 11.1 Å². The van der Waals surface area contributed by atoms with Crippen molar-refractivity contribution in [3.8, 4) is 0 Å². The predicted molar refractivity (Wildman–Crippen MR) is 50.4 cm³/mol. The number of hydrogen-bond acceptors (Lipinski definition) is 4. The lowest BCUT2D eigenvalue weighted by atomic mass is 10.2. The quantitative estimate of drug-likeness (QED) is 0.608. The van der Waals surface area contributed by atoms with Gasteiger partial charge in [0.1, 0.15) is 0 Å². The summed E-state index contributed by atoms with van der Waals surface area (Å²) in [6.45, 7) is 5.92. The van der Waals surface area contributed by atoms with Crippen LogP contribution in [0.4, 0.5) is 0 Å². The largest absolute Gasteiger partial charge is 0.466 e. The van der Waals surface area contributed by atoms with Gasteiger partial charge in [-0.15, -0.1) is 0 Å². The third-order valence-corrected chi connectivity index (χ3v) is 2.60. The maximum Gasteiger partial charge on any atom is 0.309 e. The molecule has 0 saturated carbocycles. The molecule has 0 aliphatic carbocycles. The first-order chi connectivity index (χ1) is 6.11. The van der Waals surface area contributed by atoms with Gasteiger partial charge in [0, 0.05) is 0 Å². The molecule has 0 aromatic heterocycles. The molecular formula is C8H16O4S. The maximum atomic E-state index is 11.1. The summed E-state index contributed by atoms with van der Waals surface area (Å²) in [6.07, 6.45) is 0. The third-order valence-electron chi connectivity index (χ3n) is 1.32. The first-order valence-electron chi connectivity index (χ1n) is 4.30. The van der Waals surface area contributed by atoms with Gasteiger partial charge in [0.2, 0.25) is 0 Å². The van der Waals surface area contributed by atoms with Gasteiger partial charge in [-0.25, -0.2) is 4.21 Å². The number of esters is 1. The lowest BCUT2D eigenvalue weighted by Gasteiger charge is -2.08. The van der Waals surface area contributed by atoms with Crippen molar-refractivity contribution in [3.63, 3.8) is 0 Å². The molecule has 0 aliphatic rings. The Labute approximate surface area is 81.3 Å². The normalized spacial score (nSPS) is 15.0. The summed E-state index contributed by atoms with van der Waals surface area (Å²) in [5.74, 6) is -0.491. The molecule has 0 bridgehead atoms. The average Bonchev–Trinajstić information content (AvgIpc) is 2.05. The molecular weight excluding hydrogens is 192 g/mol. The van der Waals surface area contributed by atoms with Crippen molar-refractivity contribution < 1.29 is 17.9 Å². The highest BCUT2D eigenvalue weighted by Gasteiger charge is 2.17. The summed E-state index contributed by atoms with van der Waals surface area (Å²) in [7, 11) is 0. The second-order valence-electron chi connectivity index (χ2n) is 2.53. The molecule has 2 unspecified atom stereocenters. The van der Waals surface area contributed by atoms with Crippen LogP contribution >= 0.6 is 0 Å². The topological polar surface area (TPSA) is 52.6 Å². The second-order valence-corrected chi connectivity index (χ2v) is 3.71. The zero-order chi connectivity index (χ0) is 10.3. The van der Waals surface area contributed by atoms with Crippen LogP contribution in [-0.2, 0) is 24.8 Å². The number of rotatable bonds is 6. The van der Waals surface area contributed by atoms with Crippen LogP contribution in [0, 0.1) is 5.92 Å². The maximum absolute atomic E-state index is 11.1. The molecule has 2 atom stereocenters. The Bertz CT molecular complexity index is 181. The van der Waals surface area contributed by atoms with Gasteiger partial charge in [-0.1, -0.05) is 6.92 Å². The lowest BCUT2D eigenvalue weighted by Crippen LogP contribution is -2.21. The van der Waals surface area contributed by atoms with E-state index in [2.05, 4.69) is 0 Å². The van der Waals surface area contributed by atoms with Crippen LogP contribution < -0.4 is 0 Å². The average molecular weight is 208 g/mol. The summed E-state index contributed by atoms with van der Waals surface area (Å²) in [5, 5.41) is 0. The third kappa shape index (κ3) is 5.76. The summed E-state index contributed by atoms with van der Waals surface area (Å²) < 4.78 is 20.6. The molecule has 78 valence electrons. The molecule has 0 spiro atoms. The van der Waals surface area contributed by atoms with E-state index in [9.17, 15) is 9.00 Å². The molecule has 13 heavy (non-hydrogen) atoms. The van der Waals surface area contributed by atoms with Crippen LogP contribution in [0.25, 0.3) is 0 Å². The standard InChI is InChI=1S/C8H16O4S/c1-4-11-8(9)7(3)6-13(10)12-5-2/h7H,4-6H2,1-3H3. The molecule has 0 aromatic rings. The first-order valence-corrected chi connectivity index (χ1v) is 5.54. The molecule has 0 heterocycles. The van der Waals surface area contributed by atoms with E-state index in [1.807, 2.05) is 0 Å². The monoisotopic (exact) mass is 208 g/mol. The van der Waals surface area contributed by atoms with Gasteiger partial charge >= 0.3 is 5.97 Å². The summed E-state index contributed by atoms with van der Waals surface area (Å²) in [5.41, 5.74) is 0. The van der Waals surface area contributed by atoms with E-state index in [-0.39, 0.29) is 17.6 Å². The van der Waals surface area contributed by atoms with Crippen molar-refractivity contribution in [1.29, 1.82) is 0 Å². The highest BCUT2D eigenvalue weighted by Crippen LogP contribution is 2.02. The van der Waals surface area contributed by atoms with Crippen molar-refractivity contribution in [2.75, 3.05) is 19.0 Å². The Balaban J connectivity index is 3.78. The van der Waals surface area contributed by atoms with E-state index >= 15 is 0 Å². The van der Waals surface area contributed by atoms with E-state index in [4.69, 9.17) is 8.92 Å². The predicted octanol–water partition coefficient (Wildman–Crippen LogP) is 0.886. The lowest BCUT2D eigenvalue weighted by molar-refractivity contribution is -0.146. The zero-order valence-corrected chi connectivity index (χ0v) is 9.06. The number of carbonyl (C=O) groups excluding carboxylic acids is 1. The summed E-state index contributed by atoms with van der Waals surface area (Å²) >= 11 is -1.38. The van der Waals surface area contributed by atoms with Gasteiger partial charge in [0.25, 0.3) is 0 Å². The Morgan fingerprint density at radius 1 is 1.38 bits per heavy atom. The minimum absolute atomic E-state index is 0.201. The van der Waals surface area contributed by atoms with Crippen LogP contribution in [-0.4, -0.2) is 29.1 Å². The SMILES string of the molecule is CCOC(=O)C(C)CS(=O)OCC. The smallest absolute Gasteiger partial charge is 0.309 e. The van der Waals surface area contributed by atoms with Crippen molar-refractivity contribution in [2.45, 2.75) is 20.8 Å². The summed E-state index contributed by atoms with van der Waals surface area (Å²) in [4.78, 5) is 11.1. The number of ether oxygens (including phenoxy) is 1. The number of carbonyl (C=O) groups is 1. The van der Waals surface area contributed by atoms with Crippen LogP contribution in [0.3, 0.4) is 0 Å². The molecule has 0 radical (unpaired) electrons. The molecule has 4 nitrogen and oxygen atoms in total. The minimum atomic E-state index is -1.38. The Morgan fingerprint density at radius 2 is 2.00 bits per heavy atom. The van der Waals surface area contributed by atoms with Crippen molar-refractivity contribution >= 4 is 17.0 Å². The van der Waals surface area contributed by atoms with Crippen LogP contribution in [0.15, 0.2) is 0 Å². The van der Waals surface area contributed by atoms with E-state index in [0.717, 1.165) is 0 Å². The van der Waals surface area contributed by atoms with Crippen molar-refractivity contribution in [3.05, 3.63) is 0 Å². The Kier molecular flexibility index (Phi) is 6.80. The Morgan fingerprint density at radius 3 is 2.46 bits per heavy atom. The van der Waals surface area contributed by atoms with Crippen LogP contribution in [0.2, 0.25) is 0 Å².